The van der Waals surface area contributed by atoms with Crippen LogP contribution in [0.1, 0.15) is 31.5 Å². The van der Waals surface area contributed by atoms with Gasteiger partial charge in [0.2, 0.25) is 5.89 Å². The highest BCUT2D eigenvalue weighted by Crippen LogP contribution is 2.19. The van der Waals surface area contributed by atoms with Gasteiger partial charge in [0.1, 0.15) is 12.7 Å². The standard InChI is InChI=1S/C13H20N6O/c1-2-13-16-12(17-20-13)8-18-5-3-4-11(6-18)7-19-10-14-9-15-19/h9-11H,2-8H2,1H3. The van der Waals surface area contributed by atoms with Crippen LogP contribution in [-0.4, -0.2) is 42.9 Å². The molecule has 2 aromatic heterocycles. The number of nitrogens with zero attached hydrogens (tertiary/aromatic N) is 6. The summed E-state index contributed by atoms with van der Waals surface area (Å²) in [7, 11) is 0. The molecule has 1 saturated heterocycles. The molecular weight excluding hydrogens is 256 g/mol. The minimum absolute atomic E-state index is 0.614. The van der Waals surface area contributed by atoms with Crippen LogP contribution in [0.25, 0.3) is 0 Å². The molecule has 0 saturated carbocycles. The van der Waals surface area contributed by atoms with E-state index in [9.17, 15) is 0 Å². The molecule has 0 amide bonds. The number of rotatable bonds is 5. The van der Waals surface area contributed by atoms with Crippen LogP contribution in [0.15, 0.2) is 17.2 Å². The molecule has 3 rings (SSSR count). The van der Waals surface area contributed by atoms with Crippen molar-refractivity contribution in [3.05, 3.63) is 24.4 Å². The highest BCUT2D eigenvalue weighted by atomic mass is 16.5. The maximum absolute atomic E-state index is 5.16. The maximum Gasteiger partial charge on any atom is 0.226 e. The second kappa shape index (κ2) is 6.13. The third kappa shape index (κ3) is 3.22. The fraction of sp³-hybridized carbons (Fsp3) is 0.692. The Morgan fingerprint density at radius 1 is 1.45 bits per heavy atom. The molecule has 3 heterocycles. The molecule has 0 N–H and O–H groups in total. The predicted molar refractivity (Wildman–Crippen MR) is 71.7 cm³/mol. The van der Waals surface area contributed by atoms with Crippen molar-refractivity contribution in [1.29, 1.82) is 0 Å². The fourth-order valence-electron chi connectivity index (χ4n) is 2.73. The lowest BCUT2D eigenvalue weighted by molar-refractivity contribution is 0.149. The van der Waals surface area contributed by atoms with Crippen molar-refractivity contribution < 1.29 is 4.52 Å². The second-order valence-electron chi connectivity index (χ2n) is 5.32. The Morgan fingerprint density at radius 3 is 3.15 bits per heavy atom. The van der Waals surface area contributed by atoms with Crippen LogP contribution < -0.4 is 0 Å². The number of aromatic nitrogens is 5. The highest BCUT2D eigenvalue weighted by Gasteiger charge is 2.22. The lowest BCUT2D eigenvalue weighted by atomic mass is 9.98. The van der Waals surface area contributed by atoms with E-state index in [1.54, 1.807) is 12.7 Å². The molecule has 0 aromatic carbocycles. The van der Waals surface area contributed by atoms with E-state index in [4.69, 9.17) is 4.52 Å². The molecule has 0 bridgehead atoms. The predicted octanol–water partition coefficient (Wildman–Crippen LogP) is 1.14. The molecule has 108 valence electrons. The summed E-state index contributed by atoms with van der Waals surface area (Å²) in [6.45, 7) is 5.88. The maximum atomic E-state index is 5.16. The van der Waals surface area contributed by atoms with E-state index in [0.717, 1.165) is 44.3 Å². The largest absolute Gasteiger partial charge is 0.339 e. The number of hydrogen-bond acceptors (Lipinski definition) is 6. The number of likely N-dealkylation sites (tertiary alicyclic amines) is 1. The van der Waals surface area contributed by atoms with Gasteiger partial charge in [-0.2, -0.15) is 10.1 Å². The van der Waals surface area contributed by atoms with E-state index in [1.807, 2.05) is 11.6 Å². The smallest absolute Gasteiger partial charge is 0.226 e. The van der Waals surface area contributed by atoms with E-state index in [-0.39, 0.29) is 0 Å². The van der Waals surface area contributed by atoms with Crippen LogP contribution in [0.5, 0.6) is 0 Å². The van der Waals surface area contributed by atoms with Crippen molar-refractivity contribution in [2.24, 2.45) is 5.92 Å². The van der Waals surface area contributed by atoms with Gasteiger partial charge in [-0.3, -0.25) is 9.58 Å². The van der Waals surface area contributed by atoms with Crippen molar-refractivity contribution in [2.45, 2.75) is 39.3 Å². The lowest BCUT2D eigenvalue weighted by Crippen LogP contribution is -2.36. The Labute approximate surface area is 118 Å². The average molecular weight is 276 g/mol. The molecule has 0 aliphatic carbocycles. The van der Waals surface area contributed by atoms with E-state index in [1.165, 1.54) is 12.8 Å². The summed E-state index contributed by atoms with van der Waals surface area (Å²) in [5, 5.41) is 8.21. The van der Waals surface area contributed by atoms with Gasteiger partial charge in [-0.25, -0.2) is 4.98 Å². The zero-order valence-corrected chi connectivity index (χ0v) is 11.8. The molecular formula is C13H20N6O. The molecule has 1 aliphatic rings. The fourth-order valence-corrected chi connectivity index (χ4v) is 2.73. The molecule has 7 heteroatoms. The third-order valence-corrected chi connectivity index (χ3v) is 3.69. The van der Waals surface area contributed by atoms with Crippen molar-refractivity contribution in [3.8, 4) is 0 Å². The monoisotopic (exact) mass is 276 g/mol. The van der Waals surface area contributed by atoms with Gasteiger partial charge in [-0.1, -0.05) is 12.1 Å². The Morgan fingerprint density at radius 2 is 2.40 bits per heavy atom. The summed E-state index contributed by atoms with van der Waals surface area (Å²) >= 11 is 0. The normalized spacial score (nSPS) is 20.4. The van der Waals surface area contributed by atoms with Crippen LogP contribution >= 0.6 is 0 Å². The average Bonchev–Trinajstić information content (AvgIpc) is 3.11. The first-order chi connectivity index (χ1) is 9.83. The molecule has 1 unspecified atom stereocenters. The van der Waals surface area contributed by atoms with Gasteiger partial charge in [0, 0.05) is 19.5 Å². The van der Waals surface area contributed by atoms with Crippen molar-refractivity contribution >= 4 is 0 Å². The van der Waals surface area contributed by atoms with Gasteiger partial charge in [0.25, 0.3) is 0 Å². The summed E-state index contributed by atoms with van der Waals surface area (Å²) in [6.07, 6.45) is 6.61. The zero-order chi connectivity index (χ0) is 13.8. The molecule has 1 fully saturated rings. The number of hydrogen-bond donors (Lipinski definition) is 0. The van der Waals surface area contributed by atoms with Crippen LogP contribution in [0.4, 0.5) is 0 Å². The summed E-state index contributed by atoms with van der Waals surface area (Å²) in [4.78, 5) is 10.8. The van der Waals surface area contributed by atoms with Gasteiger partial charge in [-0.15, -0.1) is 0 Å². The minimum Gasteiger partial charge on any atom is -0.339 e. The molecule has 1 aliphatic heterocycles. The van der Waals surface area contributed by atoms with E-state index in [0.29, 0.717) is 5.92 Å². The van der Waals surface area contributed by atoms with E-state index >= 15 is 0 Å². The molecule has 0 radical (unpaired) electrons. The van der Waals surface area contributed by atoms with Gasteiger partial charge in [0.05, 0.1) is 6.54 Å². The zero-order valence-electron chi connectivity index (χ0n) is 11.8. The molecule has 7 nitrogen and oxygen atoms in total. The van der Waals surface area contributed by atoms with Crippen molar-refractivity contribution in [1.82, 2.24) is 29.8 Å². The summed E-state index contributed by atoms with van der Waals surface area (Å²) in [5.41, 5.74) is 0. The first-order valence-corrected chi connectivity index (χ1v) is 7.19. The van der Waals surface area contributed by atoms with E-state index in [2.05, 4.69) is 25.1 Å². The van der Waals surface area contributed by atoms with Gasteiger partial charge >= 0.3 is 0 Å². The number of aryl methyl sites for hydroxylation is 1. The molecule has 2 aromatic rings. The Balaban J connectivity index is 1.54. The van der Waals surface area contributed by atoms with Gasteiger partial charge < -0.3 is 4.52 Å². The Bertz CT molecular complexity index is 523. The first kappa shape index (κ1) is 13.2. The third-order valence-electron chi connectivity index (χ3n) is 3.69. The summed E-state index contributed by atoms with van der Waals surface area (Å²) in [5.74, 6) is 2.13. The van der Waals surface area contributed by atoms with E-state index < -0.39 is 0 Å². The van der Waals surface area contributed by atoms with Crippen molar-refractivity contribution in [3.63, 3.8) is 0 Å². The summed E-state index contributed by atoms with van der Waals surface area (Å²) < 4.78 is 7.07. The van der Waals surface area contributed by atoms with Crippen LogP contribution in [0.2, 0.25) is 0 Å². The molecule has 20 heavy (non-hydrogen) atoms. The first-order valence-electron chi connectivity index (χ1n) is 7.19. The second-order valence-corrected chi connectivity index (χ2v) is 5.32. The lowest BCUT2D eigenvalue weighted by Gasteiger charge is -2.31. The van der Waals surface area contributed by atoms with Gasteiger partial charge in [0.15, 0.2) is 5.82 Å². The van der Waals surface area contributed by atoms with Crippen LogP contribution in [-0.2, 0) is 19.5 Å². The van der Waals surface area contributed by atoms with Crippen LogP contribution in [0.3, 0.4) is 0 Å². The Hall–Kier alpha value is -1.76. The molecule has 0 spiro atoms. The molecule has 1 atom stereocenters. The highest BCUT2D eigenvalue weighted by molar-refractivity contribution is 4.87. The van der Waals surface area contributed by atoms with Crippen molar-refractivity contribution in [2.75, 3.05) is 13.1 Å². The summed E-state index contributed by atoms with van der Waals surface area (Å²) in [6, 6.07) is 0. The Kier molecular flexibility index (Phi) is 4.05. The number of piperidine rings is 1. The topological polar surface area (TPSA) is 72.9 Å². The SMILES string of the molecule is CCc1nc(CN2CCCC(Cn3cncn3)C2)no1. The van der Waals surface area contributed by atoms with Crippen LogP contribution in [0, 0.1) is 5.92 Å². The van der Waals surface area contributed by atoms with Gasteiger partial charge in [-0.05, 0) is 25.3 Å². The quantitative estimate of drug-likeness (QED) is 0.815. The minimum atomic E-state index is 0.614.